The molecule has 8 nitrogen and oxygen atoms in total. The van der Waals surface area contributed by atoms with Crippen LogP contribution in [0.2, 0.25) is 0 Å². The normalized spacial score (nSPS) is 16.1. The zero-order valence-corrected chi connectivity index (χ0v) is 11.1. The number of rotatable bonds is 5. The summed E-state index contributed by atoms with van der Waals surface area (Å²) in [6.07, 6.45) is 1.60. The van der Waals surface area contributed by atoms with E-state index in [1.54, 1.807) is 11.0 Å². The molecule has 1 aromatic rings. The van der Waals surface area contributed by atoms with Crippen molar-refractivity contribution in [2.75, 3.05) is 32.7 Å². The van der Waals surface area contributed by atoms with Crippen molar-refractivity contribution in [2.45, 2.75) is 13.0 Å². The Balaban J connectivity index is 1.67. The summed E-state index contributed by atoms with van der Waals surface area (Å²) in [4.78, 5) is 26.2. The van der Waals surface area contributed by atoms with Gasteiger partial charge in [-0.3, -0.25) is 9.69 Å². The third kappa shape index (κ3) is 4.23. The van der Waals surface area contributed by atoms with E-state index in [2.05, 4.69) is 19.9 Å². The Morgan fingerprint density at radius 2 is 2.10 bits per heavy atom. The lowest BCUT2D eigenvalue weighted by Crippen LogP contribution is -2.51. The molecule has 8 heteroatoms. The first-order valence-electron chi connectivity index (χ1n) is 6.51. The number of piperazine rings is 1. The number of carbonyl (C=O) groups excluding carboxylic acids is 1. The molecule has 0 aliphatic carbocycles. The molecule has 2 amide bonds. The molecule has 2 rings (SSSR count). The van der Waals surface area contributed by atoms with Gasteiger partial charge in [0.05, 0.1) is 13.0 Å². The zero-order chi connectivity index (χ0) is 14.4. The van der Waals surface area contributed by atoms with Gasteiger partial charge in [-0.05, 0) is 0 Å². The van der Waals surface area contributed by atoms with Crippen LogP contribution in [0.1, 0.15) is 12.1 Å². The summed E-state index contributed by atoms with van der Waals surface area (Å²) >= 11 is 0. The van der Waals surface area contributed by atoms with Gasteiger partial charge >= 0.3 is 12.0 Å². The fraction of sp³-hybridized carbons (Fsp3) is 0.583. The largest absolute Gasteiger partial charge is 0.481 e. The van der Waals surface area contributed by atoms with Crippen LogP contribution in [0.3, 0.4) is 0 Å². The zero-order valence-electron chi connectivity index (χ0n) is 11.1. The second-order valence-corrected chi connectivity index (χ2v) is 4.62. The number of aromatic nitrogens is 1. The highest BCUT2D eigenvalue weighted by Gasteiger charge is 2.21. The Bertz CT molecular complexity index is 440. The van der Waals surface area contributed by atoms with Crippen LogP contribution in [-0.2, 0) is 11.3 Å². The highest BCUT2D eigenvalue weighted by molar-refractivity contribution is 5.74. The van der Waals surface area contributed by atoms with Gasteiger partial charge in [-0.25, -0.2) is 4.79 Å². The van der Waals surface area contributed by atoms with Gasteiger partial charge < -0.3 is 19.8 Å². The lowest BCUT2D eigenvalue weighted by molar-refractivity contribution is -0.137. The molecule has 1 saturated heterocycles. The van der Waals surface area contributed by atoms with Crippen LogP contribution in [-0.4, -0.2) is 64.8 Å². The molecule has 0 atom stereocenters. The summed E-state index contributed by atoms with van der Waals surface area (Å²) in [5, 5.41) is 15.1. The number of carboxylic acid groups (broad SMARTS) is 1. The molecule has 2 heterocycles. The van der Waals surface area contributed by atoms with Gasteiger partial charge in [-0.15, -0.1) is 0 Å². The van der Waals surface area contributed by atoms with Crippen molar-refractivity contribution in [3.05, 3.63) is 18.0 Å². The van der Waals surface area contributed by atoms with E-state index in [1.807, 2.05) is 0 Å². The molecule has 2 N–H and O–H groups in total. The number of nitrogens with one attached hydrogen (secondary N) is 1. The van der Waals surface area contributed by atoms with Crippen LogP contribution >= 0.6 is 0 Å². The van der Waals surface area contributed by atoms with E-state index in [9.17, 15) is 9.59 Å². The summed E-state index contributed by atoms with van der Waals surface area (Å²) in [5.41, 5.74) is 0.679. The SMILES string of the molecule is O=C(O)CCN1CCN(C(=O)NCc2ccon2)CC1. The van der Waals surface area contributed by atoms with Crippen LogP contribution in [0, 0.1) is 0 Å². The van der Waals surface area contributed by atoms with Crippen molar-refractivity contribution in [3.63, 3.8) is 0 Å². The van der Waals surface area contributed by atoms with Crippen LogP contribution in [0.25, 0.3) is 0 Å². The monoisotopic (exact) mass is 282 g/mol. The Labute approximate surface area is 116 Å². The summed E-state index contributed by atoms with van der Waals surface area (Å²) in [6, 6.07) is 1.57. The molecule has 1 aliphatic rings. The Kier molecular flexibility index (Phi) is 4.94. The first-order chi connectivity index (χ1) is 9.65. The molecule has 0 unspecified atom stereocenters. The van der Waals surface area contributed by atoms with Crippen molar-refractivity contribution in [1.29, 1.82) is 0 Å². The minimum absolute atomic E-state index is 0.133. The maximum atomic E-state index is 11.9. The van der Waals surface area contributed by atoms with Gasteiger partial charge in [0.15, 0.2) is 0 Å². The standard InChI is InChI=1S/C12H18N4O4/c17-11(18)1-3-15-4-6-16(7-5-15)12(19)13-9-10-2-8-20-14-10/h2,8H,1,3-7,9H2,(H,13,19)(H,17,18). The molecule has 0 spiro atoms. The highest BCUT2D eigenvalue weighted by Crippen LogP contribution is 2.03. The fourth-order valence-electron chi connectivity index (χ4n) is 2.04. The van der Waals surface area contributed by atoms with Crippen molar-refractivity contribution in [3.8, 4) is 0 Å². The molecule has 110 valence electrons. The molecule has 0 aromatic carbocycles. The molecule has 0 bridgehead atoms. The van der Waals surface area contributed by atoms with E-state index in [-0.39, 0.29) is 12.5 Å². The number of carboxylic acids is 1. The lowest BCUT2D eigenvalue weighted by atomic mass is 10.3. The molecule has 1 fully saturated rings. The number of urea groups is 1. The Morgan fingerprint density at radius 1 is 1.35 bits per heavy atom. The van der Waals surface area contributed by atoms with E-state index in [4.69, 9.17) is 5.11 Å². The van der Waals surface area contributed by atoms with E-state index in [0.717, 1.165) is 0 Å². The van der Waals surface area contributed by atoms with Gasteiger partial charge in [0.1, 0.15) is 12.0 Å². The smallest absolute Gasteiger partial charge is 0.317 e. The molecular formula is C12H18N4O4. The maximum Gasteiger partial charge on any atom is 0.317 e. The summed E-state index contributed by atoms with van der Waals surface area (Å²) in [5.74, 6) is -0.794. The van der Waals surface area contributed by atoms with Gasteiger partial charge in [0.25, 0.3) is 0 Å². The van der Waals surface area contributed by atoms with E-state index < -0.39 is 5.97 Å². The third-order valence-electron chi connectivity index (χ3n) is 3.21. The van der Waals surface area contributed by atoms with Crippen LogP contribution < -0.4 is 5.32 Å². The Hall–Kier alpha value is -2.09. The highest BCUT2D eigenvalue weighted by atomic mass is 16.5. The van der Waals surface area contributed by atoms with Gasteiger partial charge in [-0.1, -0.05) is 5.16 Å². The predicted octanol–water partition coefficient (Wildman–Crippen LogP) is -0.0235. The van der Waals surface area contributed by atoms with Crippen LogP contribution in [0.15, 0.2) is 16.9 Å². The Morgan fingerprint density at radius 3 is 2.70 bits per heavy atom. The van der Waals surface area contributed by atoms with Crippen molar-refractivity contribution < 1.29 is 19.2 Å². The fourth-order valence-corrected chi connectivity index (χ4v) is 2.04. The van der Waals surface area contributed by atoms with Gasteiger partial charge in [0.2, 0.25) is 0 Å². The number of nitrogens with zero attached hydrogens (tertiary/aromatic N) is 3. The van der Waals surface area contributed by atoms with Gasteiger partial charge in [-0.2, -0.15) is 0 Å². The third-order valence-corrected chi connectivity index (χ3v) is 3.21. The number of hydrogen-bond acceptors (Lipinski definition) is 5. The van der Waals surface area contributed by atoms with Crippen LogP contribution in [0.5, 0.6) is 0 Å². The molecule has 1 aromatic heterocycles. The topological polar surface area (TPSA) is 98.9 Å². The molecule has 0 radical (unpaired) electrons. The summed E-state index contributed by atoms with van der Waals surface area (Å²) in [6.45, 7) is 3.47. The minimum Gasteiger partial charge on any atom is -0.481 e. The molecule has 1 aliphatic heterocycles. The van der Waals surface area contributed by atoms with E-state index in [1.165, 1.54) is 6.26 Å². The van der Waals surface area contributed by atoms with Crippen molar-refractivity contribution >= 4 is 12.0 Å². The predicted molar refractivity (Wildman–Crippen MR) is 69.0 cm³/mol. The average molecular weight is 282 g/mol. The summed E-state index contributed by atoms with van der Waals surface area (Å²) in [7, 11) is 0. The second-order valence-electron chi connectivity index (χ2n) is 4.62. The van der Waals surface area contributed by atoms with Gasteiger partial charge in [0, 0.05) is 38.8 Å². The number of aliphatic carboxylic acids is 1. The number of hydrogen-bond donors (Lipinski definition) is 2. The lowest BCUT2D eigenvalue weighted by Gasteiger charge is -2.34. The van der Waals surface area contributed by atoms with Crippen molar-refractivity contribution in [2.24, 2.45) is 0 Å². The minimum atomic E-state index is -0.794. The average Bonchev–Trinajstić information content (AvgIpc) is 2.96. The van der Waals surface area contributed by atoms with Crippen molar-refractivity contribution in [1.82, 2.24) is 20.3 Å². The quantitative estimate of drug-likeness (QED) is 0.787. The number of carbonyl (C=O) groups is 2. The number of amides is 2. The maximum absolute atomic E-state index is 11.9. The van der Waals surface area contributed by atoms with E-state index in [0.29, 0.717) is 45.0 Å². The summed E-state index contributed by atoms with van der Waals surface area (Å²) < 4.78 is 4.68. The van der Waals surface area contributed by atoms with Crippen LogP contribution in [0.4, 0.5) is 4.79 Å². The molecular weight excluding hydrogens is 264 g/mol. The molecule has 20 heavy (non-hydrogen) atoms. The van der Waals surface area contributed by atoms with E-state index >= 15 is 0 Å². The first-order valence-corrected chi connectivity index (χ1v) is 6.51. The molecule has 0 saturated carbocycles. The second kappa shape index (κ2) is 6.90. The first kappa shape index (κ1) is 14.3.